The fourth-order valence-electron chi connectivity index (χ4n) is 0.753. The molecule has 0 amide bonds. The van der Waals surface area contributed by atoms with Crippen LogP contribution in [0.3, 0.4) is 0 Å². The second kappa shape index (κ2) is 3.48. The van der Waals surface area contributed by atoms with Crippen LogP contribution in [0.25, 0.3) is 0 Å². The van der Waals surface area contributed by atoms with Gasteiger partial charge in [-0.2, -0.15) is 0 Å². The smallest absolute Gasteiger partial charge is 0.339 e. The van der Waals surface area contributed by atoms with Crippen molar-refractivity contribution in [3.05, 3.63) is 34.0 Å². The van der Waals surface area contributed by atoms with Gasteiger partial charge in [-0.05, 0) is 12.1 Å². The summed E-state index contributed by atoms with van der Waals surface area (Å²) in [7, 11) is 0. The van der Waals surface area contributed by atoms with E-state index in [1.807, 2.05) is 0 Å². The monoisotopic (exact) mass is 183 g/mol. The van der Waals surface area contributed by atoms with Crippen LogP contribution >= 0.6 is 0 Å². The van der Waals surface area contributed by atoms with E-state index in [0.717, 1.165) is 0 Å². The zero-order valence-electron chi connectivity index (χ0n) is 6.30. The fourth-order valence-corrected chi connectivity index (χ4v) is 0.753. The number of nitro groups is 1. The minimum absolute atomic E-state index is 0.237. The molecule has 0 fully saturated rings. The first-order valence-electron chi connectivity index (χ1n) is 3.20. The predicted molar refractivity (Wildman–Crippen MR) is 41.8 cm³/mol. The molecule has 68 valence electrons. The number of carbonyl (C=O) groups is 1. The number of aromatic nitrogens is 1. The Bertz CT molecular complexity index is 351. The molecule has 1 rings (SSSR count). The number of hydrazine groups is 1. The summed E-state index contributed by atoms with van der Waals surface area (Å²) in [6.07, 6.45) is 1.26. The molecule has 0 aliphatic heterocycles. The second-order valence-corrected chi connectivity index (χ2v) is 2.07. The standard InChI is InChI=1S/C6H5N3O4/c10-6(11)4-2-1-3-7-5(4)8-9(12)13/h1-3H,(H,7,8)(H,10,11). The summed E-state index contributed by atoms with van der Waals surface area (Å²) in [6.45, 7) is 0. The normalized spacial score (nSPS) is 9.23. The average molecular weight is 183 g/mol. The summed E-state index contributed by atoms with van der Waals surface area (Å²) in [4.78, 5) is 24.0. The van der Waals surface area contributed by atoms with Crippen LogP contribution in [0.5, 0.6) is 0 Å². The summed E-state index contributed by atoms with van der Waals surface area (Å²) in [5, 5.41) is 17.7. The number of hydrogen-bond donors (Lipinski definition) is 2. The lowest BCUT2D eigenvalue weighted by molar-refractivity contribution is -0.445. The molecular formula is C6H5N3O4. The lowest BCUT2D eigenvalue weighted by Crippen LogP contribution is -2.13. The van der Waals surface area contributed by atoms with Gasteiger partial charge in [0.2, 0.25) is 5.82 Å². The van der Waals surface area contributed by atoms with Crippen LogP contribution in [0.2, 0.25) is 0 Å². The van der Waals surface area contributed by atoms with E-state index in [4.69, 9.17) is 5.11 Å². The Labute approximate surface area is 72.1 Å². The lowest BCUT2D eigenvalue weighted by Gasteiger charge is -1.99. The maximum absolute atomic E-state index is 10.5. The molecular weight excluding hydrogens is 178 g/mol. The summed E-state index contributed by atoms with van der Waals surface area (Å²) in [5.74, 6) is -1.54. The zero-order valence-corrected chi connectivity index (χ0v) is 6.30. The van der Waals surface area contributed by atoms with Gasteiger partial charge in [-0.3, -0.25) is 0 Å². The van der Waals surface area contributed by atoms with Gasteiger partial charge < -0.3 is 5.11 Å². The number of anilines is 1. The van der Waals surface area contributed by atoms with E-state index in [1.165, 1.54) is 18.3 Å². The van der Waals surface area contributed by atoms with Crippen LogP contribution in [0.4, 0.5) is 5.82 Å². The van der Waals surface area contributed by atoms with Gasteiger partial charge in [-0.1, -0.05) is 5.43 Å². The van der Waals surface area contributed by atoms with Crippen molar-refractivity contribution in [2.45, 2.75) is 0 Å². The lowest BCUT2D eigenvalue weighted by atomic mass is 10.2. The van der Waals surface area contributed by atoms with Crippen LogP contribution in [-0.2, 0) is 0 Å². The molecule has 0 aliphatic rings. The Morgan fingerprint density at radius 3 is 2.92 bits per heavy atom. The maximum atomic E-state index is 10.5. The van der Waals surface area contributed by atoms with Gasteiger partial charge >= 0.3 is 5.97 Å². The van der Waals surface area contributed by atoms with Gasteiger partial charge in [0.15, 0.2) is 5.03 Å². The molecule has 0 atom stereocenters. The van der Waals surface area contributed by atoms with Gasteiger partial charge in [-0.25, -0.2) is 19.9 Å². The Balaban J connectivity index is 3.04. The van der Waals surface area contributed by atoms with Crippen molar-refractivity contribution in [2.24, 2.45) is 0 Å². The van der Waals surface area contributed by atoms with Gasteiger partial charge in [0.25, 0.3) is 0 Å². The highest BCUT2D eigenvalue weighted by atomic mass is 16.7. The van der Waals surface area contributed by atoms with Crippen molar-refractivity contribution in [1.29, 1.82) is 0 Å². The van der Waals surface area contributed by atoms with E-state index in [-0.39, 0.29) is 11.4 Å². The molecule has 7 heteroatoms. The van der Waals surface area contributed by atoms with Crippen molar-refractivity contribution in [3.8, 4) is 0 Å². The van der Waals surface area contributed by atoms with Crippen molar-refractivity contribution >= 4 is 11.8 Å². The van der Waals surface area contributed by atoms with Crippen LogP contribution in [-0.4, -0.2) is 21.1 Å². The minimum atomic E-state index is -1.27. The number of aromatic carboxylic acids is 1. The van der Waals surface area contributed by atoms with Crippen molar-refractivity contribution in [1.82, 2.24) is 4.98 Å². The Morgan fingerprint density at radius 2 is 2.38 bits per heavy atom. The Kier molecular flexibility index (Phi) is 2.38. The SMILES string of the molecule is O=C(O)c1cccnc1N[N+](=O)[O-]. The third-order valence-electron chi connectivity index (χ3n) is 1.24. The summed E-state index contributed by atoms with van der Waals surface area (Å²) in [6, 6.07) is 2.61. The molecule has 7 nitrogen and oxygen atoms in total. The first-order valence-corrected chi connectivity index (χ1v) is 3.20. The predicted octanol–water partition coefficient (Wildman–Crippen LogP) is 0.383. The molecule has 0 unspecified atom stereocenters. The van der Waals surface area contributed by atoms with Crippen LogP contribution in [0, 0.1) is 10.1 Å². The maximum Gasteiger partial charge on any atom is 0.339 e. The van der Waals surface area contributed by atoms with E-state index in [0.29, 0.717) is 0 Å². The van der Waals surface area contributed by atoms with Crippen molar-refractivity contribution < 1.29 is 14.9 Å². The van der Waals surface area contributed by atoms with Gasteiger partial charge in [0.1, 0.15) is 5.56 Å². The van der Waals surface area contributed by atoms with Gasteiger partial charge in [0.05, 0.1) is 0 Å². The molecule has 0 radical (unpaired) electrons. The highest BCUT2D eigenvalue weighted by molar-refractivity contribution is 5.92. The number of pyridine rings is 1. The van der Waals surface area contributed by atoms with E-state index < -0.39 is 11.0 Å². The molecule has 0 saturated heterocycles. The molecule has 0 spiro atoms. The Hall–Kier alpha value is -2.18. The molecule has 1 aromatic heterocycles. The topological polar surface area (TPSA) is 105 Å². The number of carboxylic acid groups (broad SMARTS) is 1. The molecule has 2 N–H and O–H groups in total. The highest BCUT2D eigenvalue weighted by Crippen LogP contribution is 2.10. The van der Waals surface area contributed by atoms with E-state index in [2.05, 4.69) is 4.98 Å². The first-order chi connectivity index (χ1) is 6.11. The Morgan fingerprint density at radius 1 is 1.69 bits per heavy atom. The fraction of sp³-hybridized carbons (Fsp3) is 0. The number of nitrogens with zero attached hydrogens (tertiary/aromatic N) is 2. The summed E-state index contributed by atoms with van der Waals surface area (Å²) < 4.78 is 0. The third kappa shape index (κ3) is 2.12. The number of rotatable bonds is 3. The highest BCUT2D eigenvalue weighted by Gasteiger charge is 2.13. The van der Waals surface area contributed by atoms with Crippen LogP contribution in [0.1, 0.15) is 10.4 Å². The van der Waals surface area contributed by atoms with Gasteiger partial charge in [0, 0.05) is 6.20 Å². The number of hydrogen-bond acceptors (Lipinski definition) is 4. The number of carboxylic acids is 1. The molecule has 0 aromatic carbocycles. The molecule has 0 saturated carbocycles. The zero-order chi connectivity index (χ0) is 9.84. The molecule has 1 aromatic rings. The van der Waals surface area contributed by atoms with E-state index >= 15 is 0 Å². The quantitative estimate of drug-likeness (QED) is 0.518. The van der Waals surface area contributed by atoms with Crippen molar-refractivity contribution in [3.63, 3.8) is 0 Å². The second-order valence-electron chi connectivity index (χ2n) is 2.07. The summed E-state index contributed by atoms with van der Waals surface area (Å²) in [5.41, 5.74) is 1.45. The van der Waals surface area contributed by atoms with E-state index in [1.54, 1.807) is 5.43 Å². The van der Waals surface area contributed by atoms with Crippen LogP contribution < -0.4 is 5.43 Å². The average Bonchev–Trinajstić information content (AvgIpc) is 2.03. The largest absolute Gasteiger partial charge is 0.478 e. The number of nitrogens with one attached hydrogen (secondary N) is 1. The molecule has 1 heterocycles. The van der Waals surface area contributed by atoms with Crippen LogP contribution in [0.15, 0.2) is 18.3 Å². The first kappa shape index (κ1) is 8.91. The minimum Gasteiger partial charge on any atom is -0.478 e. The molecule has 13 heavy (non-hydrogen) atoms. The molecule has 0 aliphatic carbocycles. The molecule has 0 bridgehead atoms. The van der Waals surface area contributed by atoms with Crippen molar-refractivity contribution in [2.75, 3.05) is 5.43 Å². The summed E-state index contributed by atoms with van der Waals surface area (Å²) >= 11 is 0. The van der Waals surface area contributed by atoms with Gasteiger partial charge in [-0.15, -0.1) is 0 Å². The van der Waals surface area contributed by atoms with E-state index in [9.17, 15) is 14.9 Å². The third-order valence-corrected chi connectivity index (χ3v) is 1.24.